The van der Waals surface area contributed by atoms with E-state index in [0.29, 0.717) is 33.0 Å². The van der Waals surface area contributed by atoms with Gasteiger partial charge in [0.2, 0.25) is 11.3 Å². The number of hydrogen-bond donors (Lipinski definition) is 2. The molecule has 0 amide bonds. The largest absolute Gasteiger partial charge is 0.337 e. The minimum atomic E-state index is 0.288. The second-order valence-corrected chi connectivity index (χ2v) is 5.91. The molecule has 4 rings (SSSR count). The number of anilines is 4. The summed E-state index contributed by atoms with van der Waals surface area (Å²) >= 11 is 12.1. The monoisotopic (exact) mass is 372 g/mol. The number of benzene rings is 2. The Kier molecular flexibility index (Phi) is 4.09. The van der Waals surface area contributed by atoms with Gasteiger partial charge in [-0.3, -0.25) is 0 Å². The van der Waals surface area contributed by atoms with Crippen molar-refractivity contribution in [3.05, 3.63) is 58.6 Å². The van der Waals surface area contributed by atoms with Crippen molar-refractivity contribution in [2.24, 2.45) is 0 Å². The summed E-state index contributed by atoms with van der Waals surface area (Å²) in [7, 11) is 0. The molecule has 2 aromatic heterocycles. The number of hydrogen-bond acceptors (Lipinski definition) is 7. The number of rotatable bonds is 4. The van der Waals surface area contributed by atoms with Crippen LogP contribution in [0.3, 0.4) is 0 Å². The lowest BCUT2D eigenvalue weighted by Gasteiger charge is -2.12. The number of para-hydroxylation sites is 1. The molecule has 0 spiro atoms. The molecule has 2 N–H and O–H groups in total. The molecule has 7 nitrogen and oxygen atoms in total. The summed E-state index contributed by atoms with van der Waals surface area (Å²) in [4.78, 5) is 8.80. The van der Waals surface area contributed by atoms with Crippen molar-refractivity contribution in [2.75, 3.05) is 10.6 Å². The summed E-state index contributed by atoms with van der Waals surface area (Å²) < 4.78 is 4.69. The number of nitrogens with zero attached hydrogens (tertiary/aromatic N) is 4. The summed E-state index contributed by atoms with van der Waals surface area (Å²) in [6.07, 6.45) is 0. The zero-order valence-corrected chi connectivity index (χ0v) is 14.1. The maximum Gasteiger partial charge on any atom is 0.245 e. The zero-order chi connectivity index (χ0) is 17.2. The highest BCUT2D eigenvalue weighted by molar-refractivity contribution is 6.33. The van der Waals surface area contributed by atoms with E-state index in [0.717, 1.165) is 5.69 Å². The van der Waals surface area contributed by atoms with Crippen molar-refractivity contribution in [2.45, 2.75) is 0 Å². The summed E-state index contributed by atoms with van der Waals surface area (Å²) in [5.41, 5.74) is 2.06. The van der Waals surface area contributed by atoms with Gasteiger partial charge >= 0.3 is 0 Å². The molecule has 0 aliphatic carbocycles. The van der Waals surface area contributed by atoms with E-state index in [9.17, 15) is 0 Å². The van der Waals surface area contributed by atoms with E-state index in [4.69, 9.17) is 27.8 Å². The van der Waals surface area contributed by atoms with Gasteiger partial charge in [-0.05, 0) is 46.7 Å². The molecule has 0 radical (unpaired) electrons. The number of halogens is 2. The van der Waals surface area contributed by atoms with E-state index < -0.39 is 0 Å². The second kappa shape index (κ2) is 6.54. The van der Waals surface area contributed by atoms with Crippen molar-refractivity contribution in [1.29, 1.82) is 0 Å². The molecule has 0 bridgehead atoms. The smallest absolute Gasteiger partial charge is 0.245 e. The van der Waals surface area contributed by atoms with Crippen LogP contribution in [0.2, 0.25) is 10.0 Å². The average Bonchev–Trinajstić information content (AvgIpc) is 3.06. The first-order valence-corrected chi connectivity index (χ1v) is 7.99. The van der Waals surface area contributed by atoms with E-state index in [1.807, 2.05) is 30.3 Å². The Bertz CT molecular complexity index is 1030. The minimum absolute atomic E-state index is 0.288. The molecule has 9 heteroatoms. The Morgan fingerprint density at radius 1 is 0.760 bits per heavy atom. The van der Waals surface area contributed by atoms with Crippen LogP contribution in [0.5, 0.6) is 0 Å². The summed E-state index contributed by atoms with van der Waals surface area (Å²) in [6.45, 7) is 0. The van der Waals surface area contributed by atoms with Crippen LogP contribution in [0, 0.1) is 0 Å². The SMILES string of the molecule is Clc1ccc(Nc2nc3nonc3nc2Nc2ccccc2Cl)cc1. The van der Waals surface area contributed by atoms with Gasteiger partial charge in [0, 0.05) is 10.7 Å². The highest BCUT2D eigenvalue weighted by atomic mass is 35.5. The number of nitrogens with one attached hydrogen (secondary N) is 2. The van der Waals surface area contributed by atoms with Crippen LogP contribution in [0.1, 0.15) is 0 Å². The fraction of sp³-hybridized carbons (Fsp3) is 0. The highest BCUT2D eigenvalue weighted by Crippen LogP contribution is 2.30. The molecular weight excluding hydrogens is 363 g/mol. The fourth-order valence-corrected chi connectivity index (χ4v) is 2.48. The standard InChI is InChI=1S/C16H10Cl2N6O/c17-9-5-7-10(8-6-9)19-13-14(20-12-4-2-1-3-11(12)18)22-16-15(21-13)23-25-24-16/h1-8H,(H,19,21,23)(H,20,22,24). The van der Waals surface area contributed by atoms with Crippen molar-refractivity contribution in [3.63, 3.8) is 0 Å². The summed E-state index contributed by atoms with van der Waals surface area (Å²) in [6, 6.07) is 14.5. The molecule has 25 heavy (non-hydrogen) atoms. The quantitative estimate of drug-likeness (QED) is 0.531. The summed E-state index contributed by atoms with van der Waals surface area (Å²) in [5.74, 6) is 0.886. The van der Waals surface area contributed by atoms with Crippen LogP contribution in [0.15, 0.2) is 53.2 Å². The Hall–Kier alpha value is -2.90. The van der Waals surface area contributed by atoms with Crippen LogP contribution in [0.25, 0.3) is 11.3 Å². The van der Waals surface area contributed by atoms with E-state index in [1.165, 1.54) is 0 Å². The Balaban J connectivity index is 1.75. The highest BCUT2D eigenvalue weighted by Gasteiger charge is 2.14. The Labute approximate surface area is 152 Å². The van der Waals surface area contributed by atoms with Crippen molar-refractivity contribution < 1.29 is 4.63 Å². The lowest BCUT2D eigenvalue weighted by atomic mass is 10.3. The normalized spacial score (nSPS) is 10.8. The first-order valence-electron chi connectivity index (χ1n) is 7.23. The molecule has 0 saturated heterocycles. The molecule has 0 saturated carbocycles. The van der Waals surface area contributed by atoms with E-state index in [2.05, 4.69) is 30.9 Å². The molecule has 2 heterocycles. The molecule has 0 unspecified atom stereocenters. The Morgan fingerprint density at radius 3 is 2.08 bits per heavy atom. The Morgan fingerprint density at radius 2 is 1.40 bits per heavy atom. The van der Waals surface area contributed by atoms with Gasteiger partial charge in [-0.15, -0.1) is 0 Å². The van der Waals surface area contributed by atoms with Gasteiger partial charge in [0.05, 0.1) is 10.7 Å². The molecule has 2 aromatic carbocycles. The third kappa shape index (κ3) is 3.33. The van der Waals surface area contributed by atoms with Crippen molar-refractivity contribution in [1.82, 2.24) is 20.3 Å². The maximum atomic E-state index is 6.21. The third-order valence-electron chi connectivity index (χ3n) is 3.35. The van der Waals surface area contributed by atoms with Crippen LogP contribution < -0.4 is 10.6 Å². The molecule has 0 aliphatic heterocycles. The minimum Gasteiger partial charge on any atom is -0.337 e. The second-order valence-electron chi connectivity index (χ2n) is 5.07. The van der Waals surface area contributed by atoms with Gasteiger partial charge in [-0.25, -0.2) is 14.6 Å². The fourth-order valence-electron chi connectivity index (χ4n) is 2.17. The van der Waals surface area contributed by atoms with E-state index in [-0.39, 0.29) is 5.65 Å². The first-order chi connectivity index (χ1) is 12.2. The molecule has 124 valence electrons. The van der Waals surface area contributed by atoms with Crippen LogP contribution >= 0.6 is 23.2 Å². The van der Waals surface area contributed by atoms with Gasteiger partial charge in [0.25, 0.3) is 0 Å². The van der Waals surface area contributed by atoms with Gasteiger partial charge in [-0.2, -0.15) is 0 Å². The predicted molar refractivity (Wildman–Crippen MR) is 96.9 cm³/mol. The van der Waals surface area contributed by atoms with Crippen LogP contribution in [-0.4, -0.2) is 20.3 Å². The lowest BCUT2D eigenvalue weighted by Crippen LogP contribution is -2.03. The van der Waals surface area contributed by atoms with E-state index in [1.54, 1.807) is 18.2 Å². The van der Waals surface area contributed by atoms with E-state index >= 15 is 0 Å². The topological polar surface area (TPSA) is 88.8 Å². The zero-order valence-electron chi connectivity index (χ0n) is 12.6. The van der Waals surface area contributed by atoms with Crippen molar-refractivity contribution >= 4 is 57.5 Å². The van der Waals surface area contributed by atoms with Crippen LogP contribution in [0.4, 0.5) is 23.0 Å². The number of aromatic nitrogens is 4. The third-order valence-corrected chi connectivity index (χ3v) is 3.93. The van der Waals surface area contributed by atoms with Gasteiger partial charge in [0.15, 0.2) is 11.6 Å². The molecular formula is C16H10Cl2N6O. The summed E-state index contributed by atoms with van der Waals surface area (Å²) in [5, 5.41) is 15.0. The van der Waals surface area contributed by atoms with Crippen LogP contribution in [-0.2, 0) is 0 Å². The lowest BCUT2D eigenvalue weighted by molar-refractivity contribution is 0.314. The number of fused-ring (bicyclic) bond motifs is 1. The first kappa shape index (κ1) is 15.6. The van der Waals surface area contributed by atoms with Gasteiger partial charge in [-0.1, -0.05) is 35.3 Å². The predicted octanol–water partition coefficient (Wildman–Crippen LogP) is 4.81. The maximum absolute atomic E-state index is 6.21. The molecule has 0 atom stereocenters. The molecule has 4 aromatic rings. The van der Waals surface area contributed by atoms with Gasteiger partial charge in [0.1, 0.15) is 0 Å². The average molecular weight is 373 g/mol. The molecule has 0 aliphatic rings. The van der Waals surface area contributed by atoms with Gasteiger partial charge < -0.3 is 10.6 Å². The van der Waals surface area contributed by atoms with Crippen molar-refractivity contribution in [3.8, 4) is 0 Å². The molecule has 0 fully saturated rings.